The van der Waals surface area contributed by atoms with E-state index in [-0.39, 0.29) is 25.5 Å². The van der Waals surface area contributed by atoms with Crippen LogP contribution in [0.5, 0.6) is 11.5 Å². The second kappa shape index (κ2) is 10.6. The molecule has 0 saturated carbocycles. The van der Waals surface area contributed by atoms with Crippen molar-refractivity contribution in [3.05, 3.63) is 83.4 Å². The summed E-state index contributed by atoms with van der Waals surface area (Å²) in [5.41, 5.74) is 4.97. The topological polar surface area (TPSA) is 97.3 Å². The van der Waals surface area contributed by atoms with Crippen LogP contribution in [0.1, 0.15) is 35.1 Å². The summed E-state index contributed by atoms with van der Waals surface area (Å²) in [6.45, 7) is 0.343. The molecule has 178 valence electrons. The van der Waals surface area contributed by atoms with Gasteiger partial charge in [-0.05, 0) is 40.8 Å². The molecule has 2 atom stereocenters. The predicted octanol–water partition coefficient (Wildman–Crippen LogP) is 4.03. The van der Waals surface area contributed by atoms with Crippen LogP contribution in [0.25, 0.3) is 11.1 Å². The van der Waals surface area contributed by atoms with Gasteiger partial charge in [-0.15, -0.1) is 0 Å². The monoisotopic (exact) mass is 463 g/mol. The van der Waals surface area contributed by atoms with Gasteiger partial charge in [0.15, 0.2) is 0 Å². The highest BCUT2D eigenvalue weighted by Gasteiger charge is 2.29. The molecule has 2 unspecified atom stereocenters. The minimum absolute atomic E-state index is 0.0245. The van der Waals surface area contributed by atoms with Crippen LogP contribution in [0, 0.1) is 0 Å². The highest BCUT2D eigenvalue weighted by atomic mass is 16.5. The Morgan fingerprint density at radius 1 is 0.882 bits per heavy atom. The summed E-state index contributed by atoms with van der Waals surface area (Å²) in [5.74, 6) is 0.800. The predicted molar refractivity (Wildman–Crippen MR) is 128 cm³/mol. The van der Waals surface area contributed by atoms with Gasteiger partial charge in [-0.3, -0.25) is 0 Å². The second-order valence-corrected chi connectivity index (χ2v) is 8.13. The molecule has 0 saturated heterocycles. The van der Waals surface area contributed by atoms with Crippen LogP contribution in [0.15, 0.2) is 66.7 Å². The first-order valence-electron chi connectivity index (χ1n) is 11.2. The van der Waals surface area contributed by atoms with E-state index < -0.39 is 18.3 Å². The minimum atomic E-state index is -1.24. The van der Waals surface area contributed by atoms with Crippen LogP contribution >= 0.6 is 0 Å². The van der Waals surface area contributed by atoms with Crippen LogP contribution in [-0.2, 0) is 4.74 Å². The zero-order valence-electron chi connectivity index (χ0n) is 19.2. The molecule has 34 heavy (non-hydrogen) atoms. The largest absolute Gasteiger partial charge is 0.496 e. The number of rotatable bonds is 9. The van der Waals surface area contributed by atoms with E-state index in [1.54, 1.807) is 18.2 Å². The molecule has 1 aliphatic carbocycles. The fourth-order valence-corrected chi connectivity index (χ4v) is 4.49. The second-order valence-electron chi connectivity index (χ2n) is 8.13. The summed E-state index contributed by atoms with van der Waals surface area (Å²) in [4.78, 5) is 12.3. The number of fused-ring (bicyclic) bond motifs is 3. The standard InChI is InChI=1S/C27H29NO6/c1-32-23-12-7-13-24(33-2)25(23)26(30)22(29)14-15-28-27(31)34-16-21-19-10-5-3-8-17(19)18-9-4-6-11-20(18)21/h3-13,21-22,26,29-30H,14-16H2,1-2H3,(H,28,31). The highest BCUT2D eigenvalue weighted by molar-refractivity contribution is 5.79. The number of nitrogens with one attached hydrogen (secondary N) is 1. The molecule has 0 radical (unpaired) electrons. The number of methoxy groups -OCH3 is 2. The number of amides is 1. The Hall–Kier alpha value is -3.55. The van der Waals surface area contributed by atoms with Crippen molar-refractivity contribution in [1.82, 2.24) is 5.32 Å². The average molecular weight is 464 g/mol. The van der Waals surface area contributed by atoms with E-state index in [9.17, 15) is 15.0 Å². The smallest absolute Gasteiger partial charge is 0.407 e. The lowest BCUT2D eigenvalue weighted by atomic mass is 9.98. The van der Waals surface area contributed by atoms with Gasteiger partial charge in [-0.2, -0.15) is 0 Å². The Morgan fingerprint density at radius 3 is 2.00 bits per heavy atom. The van der Waals surface area contributed by atoms with E-state index in [4.69, 9.17) is 14.2 Å². The van der Waals surface area contributed by atoms with Crippen molar-refractivity contribution >= 4 is 6.09 Å². The summed E-state index contributed by atoms with van der Waals surface area (Å²) in [5, 5.41) is 23.8. The van der Waals surface area contributed by atoms with Crippen molar-refractivity contribution < 1.29 is 29.2 Å². The van der Waals surface area contributed by atoms with Gasteiger partial charge >= 0.3 is 6.09 Å². The quantitative estimate of drug-likeness (QED) is 0.443. The Kier molecular flexibility index (Phi) is 7.35. The SMILES string of the molecule is COc1cccc(OC)c1C(O)C(O)CCNC(=O)OCC1c2ccccc2-c2ccccc21. The van der Waals surface area contributed by atoms with E-state index >= 15 is 0 Å². The lowest BCUT2D eigenvalue weighted by Gasteiger charge is -2.22. The Balaban J connectivity index is 1.31. The molecule has 0 aliphatic heterocycles. The third-order valence-corrected chi connectivity index (χ3v) is 6.18. The first-order valence-corrected chi connectivity index (χ1v) is 11.2. The number of hydrogen-bond donors (Lipinski definition) is 3. The third-order valence-electron chi connectivity index (χ3n) is 6.18. The Bertz CT molecular complexity index is 1080. The molecule has 7 nitrogen and oxygen atoms in total. The maximum Gasteiger partial charge on any atom is 0.407 e. The third kappa shape index (κ3) is 4.71. The number of ether oxygens (including phenoxy) is 3. The van der Waals surface area contributed by atoms with Gasteiger partial charge in [0.2, 0.25) is 0 Å². The number of hydrogen-bond acceptors (Lipinski definition) is 6. The highest BCUT2D eigenvalue weighted by Crippen LogP contribution is 2.44. The van der Waals surface area contributed by atoms with Crippen molar-refractivity contribution in [1.29, 1.82) is 0 Å². The first-order chi connectivity index (χ1) is 16.5. The lowest BCUT2D eigenvalue weighted by Crippen LogP contribution is -2.30. The maximum absolute atomic E-state index is 12.3. The van der Waals surface area contributed by atoms with Gasteiger partial charge < -0.3 is 29.7 Å². The Morgan fingerprint density at radius 2 is 1.44 bits per heavy atom. The molecule has 1 amide bonds. The Labute approximate surface area is 198 Å². The zero-order chi connectivity index (χ0) is 24.1. The summed E-state index contributed by atoms with van der Waals surface area (Å²) in [7, 11) is 2.96. The molecule has 3 aromatic rings. The zero-order valence-corrected chi connectivity index (χ0v) is 19.2. The van der Waals surface area contributed by atoms with Crippen molar-refractivity contribution in [2.45, 2.75) is 24.5 Å². The molecule has 1 aliphatic rings. The minimum Gasteiger partial charge on any atom is -0.496 e. The van der Waals surface area contributed by atoms with Crippen molar-refractivity contribution in [3.8, 4) is 22.6 Å². The van der Waals surface area contributed by atoms with Crippen LogP contribution in [0.2, 0.25) is 0 Å². The van der Waals surface area contributed by atoms with E-state index in [0.717, 1.165) is 22.3 Å². The molecule has 0 heterocycles. The number of alkyl carbamates (subject to hydrolysis) is 1. The number of aliphatic hydroxyl groups is 2. The molecule has 7 heteroatoms. The van der Waals surface area contributed by atoms with Crippen molar-refractivity contribution in [2.24, 2.45) is 0 Å². The van der Waals surface area contributed by atoms with Gasteiger partial charge in [0.05, 0.1) is 25.9 Å². The maximum atomic E-state index is 12.3. The fraction of sp³-hybridized carbons (Fsp3) is 0.296. The van der Waals surface area contributed by atoms with Crippen LogP contribution in [0.3, 0.4) is 0 Å². The van der Waals surface area contributed by atoms with Crippen molar-refractivity contribution in [3.63, 3.8) is 0 Å². The normalized spacial score (nSPS) is 14.0. The van der Waals surface area contributed by atoms with Crippen LogP contribution in [0.4, 0.5) is 4.79 Å². The van der Waals surface area contributed by atoms with Crippen LogP contribution in [-0.4, -0.2) is 49.8 Å². The van der Waals surface area contributed by atoms with Gasteiger partial charge in [-0.25, -0.2) is 4.79 Å². The molecule has 3 N–H and O–H groups in total. The molecule has 3 aromatic carbocycles. The van der Waals surface area contributed by atoms with Gasteiger partial charge in [0.1, 0.15) is 24.2 Å². The number of carbonyl (C=O) groups excluding carboxylic acids is 1. The lowest BCUT2D eigenvalue weighted by molar-refractivity contribution is 0.0110. The van der Waals surface area contributed by atoms with E-state index in [1.165, 1.54) is 14.2 Å². The molecule has 4 rings (SSSR count). The van der Waals surface area contributed by atoms with Crippen molar-refractivity contribution in [2.75, 3.05) is 27.4 Å². The van der Waals surface area contributed by atoms with Crippen LogP contribution < -0.4 is 14.8 Å². The molecular formula is C27H29NO6. The van der Waals surface area contributed by atoms with Gasteiger partial charge in [0, 0.05) is 12.5 Å². The summed E-state index contributed by atoms with van der Waals surface area (Å²) < 4.78 is 16.1. The summed E-state index contributed by atoms with van der Waals surface area (Å²) in [6, 6.07) is 21.4. The molecule has 0 aromatic heterocycles. The fourth-order valence-electron chi connectivity index (χ4n) is 4.49. The number of benzene rings is 3. The van der Waals surface area contributed by atoms with Gasteiger partial charge in [-0.1, -0.05) is 54.6 Å². The average Bonchev–Trinajstić information content (AvgIpc) is 3.20. The molecule has 0 fully saturated rings. The van der Waals surface area contributed by atoms with E-state index in [1.807, 2.05) is 24.3 Å². The summed E-state index contributed by atoms with van der Waals surface area (Å²) >= 11 is 0. The molecular weight excluding hydrogens is 434 g/mol. The van der Waals surface area contributed by atoms with Gasteiger partial charge in [0.25, 0.3) is 0 Å². The summed E-state index contributed by atoms with van der Waals surface area (Å²) in [6.07, 6.45) is -2.83. The molecule has 0 bridgehead atoms. The van der Waals surface area contributed by atoms with E-state index in [2.05, 4.69) is 29.6 Å². The molecule has 0 spiro atoms. The first kappa shape index (κ1) is 23.6. The van der Waals surface area contributed by atoms with E-state index in [0.29, 0.717) is 17.1 Å². The number of carbonyl (C=O) groups is 1. The number of aliphatic hydroxyl groups excluding tert-OH is 2.